The van der Waals surface area contributed by atoms with E-state index in [2.05, 4.69) is 34.3 Å². The molecule has 1 atom stereocenters. The molecule has 0 bridgehead atoms. The third kappa shape index (κ3) is 3.90. The Hall–Kier alpha value is -1.27. The van der Waals surface area contributed by atoms with Gasteiger partial charge in [-0.1, -0.05) is 12.1 Å². The number of hydrogen-bond acceptors (Lipinski definition) is 5. The monoisotopic (exact) mass is 400 g/mol. The van der Waals surface area contributed by atoms with E-state index in [1.807, 2.05) is 52.0 Å². The molecule has 1 aromatic carbocycles. The average Bonchev–Trinajstić information content (AvgIpc) is 2.95. The predicted octanol–water partition coefficient (Wildman–Crippen LogP) is 4.60. The van der Waals surface area contributed by atoms with Crippen LogP contribution in [0.4, 0.5) is 0 Å². The fourth-order valence-corrected chi connectivity index (χ4v) is 3.52. The molecule has 29 heavy (non-hydrogen) atoms. The Bertz CT molecular complexity index is 738. The minimum Gasteiger partial charge on any atom is -0.497 e. The maximum atomic E-state index is 6.40. The lowest BCUT2D eigenvalue weighted by molar-refractivity contribution is 0.00578. The van der Waals surface area contributed by atoms with Gasteiger partial charge >= 0.3 is 14.2 Å². The second-order valence-corrected chi connectivity index (χ2v) is 10.0. The van der Waals surface area contributed by atoms with E-state index in [4.69, 9.17) is 23.4 Å². The molecule has 2 fully saturated rings. The highest BCUT2D eigenvalue weighted by Crippen LogP contribution is 2.46. The predicted molar refractivity (Wildman–Crippen MR) is 117 cm³/mol. The fraction of sp³-hybridized carbons (Fsp3) is 0.636. The molecule has 0 N–H and O–H groups in total. The second kappa shape index (κ2) is 7.16. The van der Waals surface area contributed by atoms with Crippen LogP contribution in [-0.4, -0.2) is 43.8 Å². The average molecular weight is 400 g/mol. The molecule has 5 nitrogen and oxygen atoms in total. The summed E-state index contributed by atoms with van der Waals surface area (Å²) in [7, 11) is 0.607. The van der Waals surface area contributed by atoms with Crippen molar-refractivity contribution in [1.29, 1.82) is 0 Å². The van der Waals surface area contributed by atoms with Crippen LogP contribution in [0.25, 0.3) is 0 Å². The van der Waals surface area contributed by atoms with Gasteiger partial charge in [0.05, 0.1) is 29.5 Å². The van der Waals surface area contributed by atoms with E-state index < -0.39 is 36.6 Å². The third-order valence-electron chi connectivity index (χ3n) is 6.97. The normalized spacial score (nSPS) is 25.1. The van der Waals surface area contributed by atoms with Crippen molar-refractivity contribution in [3.05, 3.63) is 41.9 Å². The number of hydrogen-bond donors (Lipinski definition) is 0. The van der Waals surface area contributed by atoms with Crippen LogP contribution in [0.15, 0.2) is 36.3 Å². The first-order valence-electron chi connectivity index (χ1n) is 10.2. The standard InChI is InChI=1S/C22H34B2O5/c1-15(23-26-19(2,3)20(4,5)27-23)18(16-11-13-17(25-10)14-12-16)24-28-21(6,7)22(8,9)29-24/h11-14,18H,1H2,2-10H3/t18-/m1/s1. The van der Waals surface area contributed by atoms with Crippen molar-refractivity contribution >= 4 is 14.2 Å². The quantitative estimate of drug-likeness (QED) is 0.677. The first-order chi connectivity index (χ1) is 13.2. The Morgan fingerprint density at radius 2 is 1.21 bits per heavy atom. The zero-order valence-electron chi connectivity index (χ0n) is 19.3. The molecule has 0 aliphatic carbocycles. The van der Waals surface area contributed by atoms with Gasteiger partial charge < -0.3 is 23.4 Å². The molecule has 2 heterocycles. The molecule has 3 rings (SSSR count). The smallest absolute Gasteiger partial charge is 0.490 e. The second-order valence-electron chi connectivity index (χ2n) is 10.0. The van der Waals surface area contributed by atoms with E-state index in [-0.39, 0.29) is 5.82 Å². The number of benzene rings is 1. The summed E-state index contributed by atoms with van der Waals surface area (Å²) in [6.07, 6.45) is 0. The van der Waals surface area contributed by atoms with Gasteiger partial charge in [0.15, 0.2) is 0 Å². The van der Waals surface area contributed by atoms with Crippen LogP contribution in [-0.2, 0) is 18.6 Å². The molecular formula is C22H34B2O5. The third-order valence-corrected chi connectivity index (χ3v) is 6.97. The van der Waals surface area contributed by atoms with Gasteiger partial charge in [0.25, 0.3) is 0 Å². The van der Waals surface area contributed by atoms with Gasteiger partial charge in [-0.3, -0.25) is 0 Å². The summed E-state index contributed by atoms with van der Waals surface area (Å²) in [6, 6.07) is 7.91. The van der Waals surface area contributed by atoms with Crippen LogP contribution in [0.2, 0.25) is 0 Å². The van der Waals surface area contributed by atoms with Gasteiger partial charge in [-0.25, -0.2) is 0 Å². The van der Waals surface area contributed by atoms with Crippen LogP contribution < -0.4 is 4.74 Å². The molecule has 2 saturated heterocycles. The van der Waals surface area contributed by atoms with Crippen molar-refractivity contribution in [1.82, 2.24) is 0 Å². The molecule has 0 saturated carbocycles. The van der Waals surface area contributed by atoms with Crippen LogP contribution in [0.1, 0.15) is 66.8 Å². The molecule has 2 aliphatic heterocycles. The largest absolute Gasteiger partial charge is 0.497 e. The molecule has 0 spiro atoms. The van der Waals surface area contributed by atoms with Crippen LogP contribution in [0, 0.1) is 0 Å². The van der Waals surface area contributed by atoms with Crippen LogP contribution in [0.3, 0.4) is 0 Å². The maximum absolute atomic E-state index is 6.40. The van der Waals surface area contributed by atoms with E-state index in [0.29, 0.717) is 0 Å². The van der Waals surface area contributed by atoms with Gasteiger partial charge in [-0.15, -0.1) is 6.58 Å². The van der Waals surface area contributed by atoms with E-state index in [1.165, 1.54) is 0 Å². The number of ether oxygens (including phenoxy) is 1. The fourth-order valence-electron chi connectivity index (χ4n) is 3.52. The maximum Gasteiger partial charge on any atom is 0.490 e. The van der Waals surface area contributed by atoms with Crippen LogP contribution in [0.5, 0.6) is 5.75 Å². The molecule has 2 aliphatic rings. The summed E-state index contributed by atoms with van der Waals surface area (Å²) >= 11 is 0. The van der Waals surface area contributed by atoms with Crippen molar-refractivity contribution in [3.8, 4) is 5.75 Å². The molecule has 1 aromatic rings. The summed E-state index contributed by atoms with van der Waals surface area (Å²) in [4.78, 5) is 0. The summed E-state index contributed by atoms with van der Waals surface area (Å²) in [6.45, 7) is 20.7. The summed E-state index contributed by atoms with van der Waals surface area (Å²) in [5.41, 5.74) is 0.0236. The minimum atomic E-state index is -0.550. The van der Waals surface area contributed by atoms with Gasteiger partial charge in [0.2, 0.25) is 0 Å². The van der Waals surface area contributed by atoms with Crippen molar-refractivity contribution in [2.24, 2.45) is 0 Å². The van der Waals surface area contributed by atoms with Gasteiger partial charge in [0, 0.05) is 5.82 Å². The molecule has 7 heteroatoms. The number of rotatable bonds is 5. The van der Waals surface area contributed by atoms with Crippen LogP contribution >= 0.6 is 0 Å². The highest BCUT2D eigenvalue weighted by atomic mass is 16.7. The first kappa shape index (κ1) is 22.4. The Balaban J connectivity index is 1.96. The minimum absolute atomic E-state index is 0.253. The summed E-state index contributed by atoms with van der Waals surface area (Å²) < 4.78 is 30.7. The number of allylic oxidation sites excluding steroid dienone is 1. The zero-order chi connectivity index (χ0) is 21.8. The van der Waals surface area contributed by atoms with E-state index in [0.717, 1.165) is 16.8 Å². The van der Waals surface area contributed by atoms with Crippen molar-refractivity contribution in [2.75, 3.05) is 7.11 Å². The van der Waals surface area contributed by atoms with Gasteiger partial charge in [-0.2, -0.15) is 0 Å². The highest BCUT2D eigenvalue weighted by molar-refractivity contribution is 6.60. The molecule has 0 aromatic heterocycles. The van der Waals surface area contributed by atoms with Gasteiger partial charge in [0.1, 0.15) is 5.75 Å². The van der Waals surface area contributed by atoms with Gasteiger partial charge in [-0.05, 0) is 78.6 Å². The molecule has 0 unspecified atom stereocenters. The zero-order valence-corrected chi connectivity index (χ0v) is 19.3. The Labute approximate surface area is 176 Å². The Morgan fingerprint density at radius 3 is 1.62 bits per heavy atom. The Kier molecular flexibility index (Phi) is 5.53. The van der Waals surface area contributed by atoms with Crippen molar-refractivity contribution < 1.29 is 23.4 Å². The molecular weight excluding hydrogens is 366 g/mol. The SMILES string of the molecule is C=C(B1OC(C)(C)C(C)(C)O1)[C@@H](B1OC(C)(C)C(C)(C)O1)c1ccc(OC)cc1. The summed E-state index contributed by atoms with van der Waals surface area (Å²) in [5.74, 6) is 0.541. The Morgan fingerprint density at radius 1 is 0.793 bits per heavy atom. The van der Waals surface area contributed by atoms with Crippen molar-refractivity contribution in [3.63, 3.8) is 0 Å². The molecule has 158 valence electrons. The van der Waals surface area contributed by atoms with Crippen molar-refractivity contribution in [2.45, 2.75) is 83.6 Å². The molecule has 0 amide bonds. The highest BCUT2D eigenvalue weighted by Gasteiger charge is 2.58. The van der Waals surface area contributed by atoms with E-state index >= 15 is 0 Å². The lowest BCUT2D eigenvalue weighted by Crippen LogP contribution is -2.41. The lowest BCUT2D eigenvalue weighted by Gasteiger charge is -2.32. The summed E-state index contributed by atoms with van der Waals surface area (Å²) in [5, 5.41) is 0. The van der Waals surface area contributed by atoms with E-state index in [9.17, 15) is 0 Å². The topological polar surface area (TPSA) is 46.2 Å². The molecule has 0 radical (unpaired) electrons. The number of methoxy groups -OCH3 is 1. The first-order valence-corrected chi connectivity index (χ1v) is 10.2. The van der Waals surface area contributed by atoms with E-state index in [1.54, 1.807) is 7.11 Å². The lowest BCUT2D eigenvalue weighted by atomic mass is 9.55.